The summed E-state index contributed by atoms with van der Waals surface area (Å²) < 4.78 is 6.00. The maximum atomic E-state index is 11.6. The van der Waals surface area contributed by atoms with Crippen LogP contribution in [0.1, 0.15) is 34.8 Å². The molecule has 0 radical (unpaired) electrons. The van der Waals surface area contributed by atoms with Gasteiger partial charge < -0.3 is 14.8 Å². The van der Waals surface area contributed by atoms with Gasteiger partial charge >= 0.3 is 5.97 Å². The zero-order chi connectivity index (χ0) is 22.8. The quantitative estimate of drug-likeness (QED) is 0.345. The number of imidazole rings is 1. The summed E-state index contributed by atoms with van der Waals surface area (Å²) in [6.45, 7) is 2.38. The summed E-state index contributed by atoms with van der Waals surface area (Å²) in [5.74, 6) is 0.147. The highest BCUT2D eigenvalue weighted by molar-refractivity contribution is 6.00. The average molecular weight is 440 g/mol. The number of hydrogen-bond donors (Lipinski definition) is 3. The SMILES string of the molecule is CCOC(c1ccc(-c2ccccc2-c2nnn[nH]2)cc1)c1nc2cccc(C(=O)O)c2[nH]1. The van der Waals surface area contributed by atoms with Crippen molar-refractivity contribution in [2.45, 2.75) is 13.0 Å². The molecule has 33 heavy (non-hydrogen) atoms. The zero-order valence-corrected chi connectivity index (χ0v) is 17.7. The summed E-state index contributed by atoms with van der Waals surface area (Å²) in [6.07, 6.45) is -0.466. The monoisotopic (exact) mass is 440 g/mol. The third kappa shape index (κ3) is 3.85. The molecule has 0 bridgehead atoms. The first-order chi connectivity index (χ1) is 16.2. The Morgan fingerprint density at radius 2 is 1.82 bits per heavy atom. The molecule has 3 N–H and O–H groups in total. The second-order valence-electron chi connectivity index (χ2n) is 7.38. The molecule has 164 valence electrons. The van der Waals surface area contributed by atoms with Crippen LogP contribution in [0.4, 0.5) is 0 Å². The van der Waals surface area contributed by atoms with Crippen LogP contribution in [0, 0.1) is 0 Å². The number of aromatic nitrogens is 6. The smallest absolute Gasteiger partial charge is 0.337 e. The van der Waals surface area contributed by atoms with Crippen LogP contribution in [-0.4, -0.2) is 48.3 Å². The highest BCUT2D eigenvalue weighted by atomic mass is 16.5. The van der Waals surface area contributed by atoms with Gasteiger partial charge in [-0.25, -0.2) is 14.9 Å². The van der Waals surface area contributed by atoms with E-state index in [9.17, 15) is 9.90 Å². The molecule has 0 aliphatic carbocycles. The Balaban J connectivity index is 1.52. The molecule has 1 atom stereocenters. The summed E-state index contributed by atoms with van der Waals surface area (Å²) in [5.41, 5.74) is 5.03. The summed E-state index contributed by atoms with van der Waals surface area (Å²) in [5, 5.41) is 23.7. The predicted octanol–water partition coefficient (Wildman–Crippen LogP) is 4.23. The maximum Gasteiger partial charge on any atom is 0.337 e. The predicted molar refractivity (Wildman–Crippen MR) is 122 cm³/mol. The fraction of sp³-hybridized carbons (Fsp3) is 0.125. The summed E-state index contributed by atoms with van der Waals surface area (Å²) >= 11 is 0. The Bertz CT molecular complexity index is 1410. The lowest BCUT2D eigenvalue weighted by molar-refractivity contribution is 0.0698. The van der Waals surface area contributed by atoms with E-state index in [4.69, 9.17) is 4.74 Å². The van der Waals surface area contributed by atoms with Crippen molar-refractivity contribution in [2.24, 2.45) is 0 Å². The number of carbonyl (C=O) groups is 1. The number of para-hydroxylation sites is 1. The molecule has 5 rings (SSSR count). The van der Waals surface area contributed by atoms with E-state index < -0.39 is 12.1 Å². The largest absolute Gasteiger partial charge is 0.478 e. The molecule has 9 nitrogen and oxygen atoms in total. The van der Waals surface area contributed by atoms with Crippen molar-refractivity contribution >= 4 is 17.0 Å². The molecular weight excluding hydrogens is 420 g/mol. The Hall–Kier alpha value is -4.37. The van der Waals surface area contributed by atoms with Crippen molar-refractivity contribution in [3.05, 3.63) is 83.7 Å². The molecule has 1 unspecified atom stereocenters. The first-order valence-corrected chi connectivity index (χ1v) is 10.4. The van der Waals surface area contributed by atoms with Crippen LogP contribution in [0.2, 0.25) is 0 Å². The second kappa shape index (κ2) is 8.64. The lowest BCUT2D eigenvalue weighted by Crippen LogP contribution is -2.08. The lowest BCUT2D eigenvalue weighted by atomic mass is 9.97. The first kappa shape index (κ1) is 20.5. The standard InChI is InChI=1S/C24H20N6O3/c1-2-33-21(23-25-19-9-5-8-18(24(31)32)20(19)26-23)15-12-10-14(11-13-15)16-6-3-4-7-17(16)22-27-29-30-28-22/h3-13,21H,2H2,1H3,(H,25,26)(H,31,32)(H,27,28,29,30). The van der Waals surface area contributed by atoms with E-state index in [1.165, 1.54) is 0 Å². The topological polar surface area (TPSA) is 130 Å². The van der Waals surface area contributed by atoms with Gasteiger partial charge in [0.15, 0.2) is 5.82 Å². The average Bonchev–Trinajstić information content (AvgIpc) is 3.52. The van der Waals surface area contributed by atoms with E-state index >= 15 is 0 Å². The molecule has 2 aromatic heterocycles. The summed E-state index contributed by atoms with van der Waals surface area (Å²) in [6, 6.07) is 20.9. The molecule has 0 fully saturated rings. The number of aromatic carboxylic acids is 1. The third-order valence-electron chi connectivity index (χ3n) is 5.40. The van der Waals surface area contributed by atoms with Crippen LogP contribution in [0.3, 0.4) is 0 Å². The van der Waals surface area contributed by atoms with Crippen LogP contribution in [-0.2, 0) is 4.74 Å². The number of nitrogens with zero attached hydrogens (tertiary/aromatic N) is 4. The number of benzene rings is 3. The van der Waals surface area contributed by atoms with Crippen LogP contribution in [0.5, 0.6) is 0 Å². The fourth-order valence-electron chi connectivity index (χ4n) is 3.90. The van der Waals surface area contributed by atoms with Crippen molar-refractivity contribution in [3.63, 3.8) is 0 Å². The number of rotatable bonds is 7. The van der Waals surface area contributed by atoms with Gasteiger partial charge in [-0.1, -0.05) is 54.6 Å². The van der Waals surface area contributed by atoms with Gasteiger partial charge in [0.25, 0.3) is 0 Å². The maximum absolute atomic E-state index is 11.6. The molecule has 9 heteroatoms. The van der Waals surface area contributed by atoms with Crippen LogP contribution in [0.15, 0.2) is 66.7 Å². The van der Waals surface area contributed by atoms with Gasteiger partial charge in [-0.3, -0.25) is 0 Å². The number of carboxylic acid groups (broad SMARTS) is 1. The molecule has 0 spiro atoms. The number of H-pyrrole nitrogens is 2. The van der Waals surface area contributed by atoms with Gasteiger partial charge in [-0.2, -0.15) is 0 Å². The molecule has 5 aromatic rings. The Morgan fingerprint density at radius 3 is 2.52 bits per heavy atom. The summed E-state index contributed by atoms with van der Waals surface area (Å²) in [4.78, 5) is 19.4. The molecule has 0 aliphatic heterocycles. The molecule has 0 amide bonds. The number of ether oxygens (including phenoxy) is 1. The number of hydrogen-bond acceptors (Lipinski definition) is 6. The molecule has 2 heterocycles. The van der Waals surface area contributed by atoms with Gasteiger partial charge in [-0.15, -0.1) is 5.10 Å². The minimum Gasteiger partial charge on any atom is -0.478 e. The number of nitrogens with one attached hydrogen (secondary N) is 2. The van der Waals surface area contributed by atoms with Gasteiger partial charge in [0, 0.05) is 12.2 Å². The minimum atomic E-state index is -1.01. The van der Waals surface area contributed by atoms with Crippen LogP contribution >= 0.6 is 0 Å². The number of tetrazole rings is 1. The molecule has 0 saturated carbocycles. The Labute approximate surface area is 188 Å². The fourth-order valence-corrected chi connectivity index (χ4v) is 3.90. The van der Waals surface area contributed by atoms with Crippen LogP contribution in [0.25, 0.3) is 33.5 Å². The van der Waals surface area contributed by atoms with Gasteiger partial charge in [0.1, 0.15) is 11.9 Å². The van der Waals surface area contributed by atoms with E-state index in [1.54, 1.807) is 18.2 Å². The van der Waals surface area contributed by atoms with Gasteiger partial charge in [0.2, 0.25) is 0 Å². The van der Waals surface area contributed by atoms with Crippen molar-refractivity contribution in [1.82, 2.24) is 30.6 Å². The molecule has 0 saturated heterocycles. The lowest BCUT2D eigenvalue weighted by Gasteiger charge is -2.16. The zero-order valence-electron chi connectivity index (χ0n) is 17.7. The summed E-state index contributed by atoms with van der Waals surface area (Å²) in [7, 11) is 0. The van der Waals surface area contributed by atoms with Crippen molar-refractivity contribution < 1.29 is 14.6 Å². The normalized spacial score (nSPS) is 12.2. The second-order valence-corrected chi connectivity index (χ2v) is 7.38. The first-order valence-electron chi connectivity index (χ1n) is 10.4. The minimum absolute atomic E-state index is 0.176. The highest BCUT2D eigenvalue weighted by Crippen LogP contribution is 2.32. The Kier molecular flexibility index (Phi) is 5.37. The van der Waals surface area contributed by atoms with E-state index in [0.29, 0.717) is 29.3 Å². The molecular formula is C24H20N6O3. The highest BCUT2D eigenvalue weighted by Gasteiger charge is 2.21. The number of fused-ring (bicyclic) bond motifs is 1. The van der Waals surface area contributed by atoms with Gasteiger partial charge in [-0.05, 0) is 46.2 Å². The molecule has 3 aromatic carbocycles. The van der Waals surface area contributed by atoms with Crippen molar-refractivity contribution in [3.8, 4) is 22.5 Å². The van der Waals surface area contributed by atoms with E-state index in [2.05, 4.69) is 30.6 Å². The number of aromatic amines is 2. The number of carboxylic acids is 1. The van der Waals surface area contributed by atoms with Gasteiger partial charge in [0.05, 0.1) is 16.6 Å². The molecule has 0 aliphatic rings. The van der Waals surface area contributed by atoms with Crippen molar-refractivity contribution in [2.75, 3.05) is 6.61 Å². The van der Waals surface area contributed by atoms with E-state index in [0.717, 1.165) is 22.3 Å². The van der Waals surface area contributed by atoms with Crippen LogP contribution < -0.4 is 0 Å². The third-order valence-corrected chi connectivity index (χ3v) is 5.40. The van der Waals surface area contributed by atoms with E-state index in [1.807, 2.05) is 55.5 Å². The Morgan fingerprint density at radius 1 is 1.03 bits per heavy atom. The van der Waals surface area contributed by atoms with E-state index in [-0.39, 0.29) is 5.56 Å². The van der Waals surface area contributed by atoms with Crippen molar-refractivity contribution in [1.29, 1.82) is 0 Å².